The van der Waals surface area contributed by atoms with Gasteiger partial charge in [-0.05, 0) is 30.7 Å². The zero-order valence-corrected chi connectivity index (χ0v) is 19.4. The number of benzene rings is 1. The number of anilines is 2. The number of hydrogen-bond acceptors (Lipinski definition) is 6. The molecule has 0 fully saturated rings. The van der Waals surface area contributed by atoms with Crippen molar-refractivity contribution in [1.29, 1.82) is 0 Å². The predicted octanol–water partition coefficient (Wildman–Crippen LogP) is 4.55. The predicted molar refractivity (Wildman–Crippen MR) is 128 cm³/mol. The Hall–Kier alpha value is -4.54. The highest BCUT2D eigenvalue weighted by Crippen LogP contribution is 2.33. The molecule has 1 aromatic carbocycles. The number of halogens is 2. The van der Waals surface area contributed by atoms with Gasteiger partial charge in [-0.1, -0.05) is 12.1 Å². The number of para-hydroxylation sites is 1. The fourth-order valence-electron chi connectivity index (χ4n) is 4.36. The van der Waals surface area contributed by atoms with E-state index in [2.05, 4.69) is 30.2 Å². The van der Waals surface area contributed by atoms with Crippen molar-refractivity contribution in [2.75, 3.05) is 5.32 Å². The van der Waals surface area contributed by atoms with Crippen LogP contribution in [-0.4, -0.2) is 34.1 Å². The fraction of sp³-hybridized carbons (Fsp3) is 0.200. The van der Waals surface area contributed by atoms with Crippen molar-refractivity contribution >= 4 is 11.6 Å². The van der Waals surface area contributed by atoms with Gasteiger partial charge in [-0.3, -0.25) is 4.68 Å². The number of pyridine rings is 1. The molecule has 1 N–H and O–H groups in total. The van der Waals surface area contributed by atoms with Crippen LogP contribution in [-0.2, 0) is 26.7 Å². The number of ether oxygens (including phenoxy) is 1. The molecule has 6 rings (SSSR count). The molecule has 0 unspecified atom stereocenters. The van der Waals surface area contributed by atoms with E-state index in [1.165, 1.54) is 12.3 Å². The van der Waals surface area contributed by atoms with Crippen molar-refractivity contribution < 1.29 is 13.5 Å². The Morgan fingerprint density at radius 3 is 2.78 bits per heavy atom. The quantitative estimate of drug-likeness (QED) is 0.378. The van der Waals surface area contributed by atoms with Gasteiger partial charge in [0.1, 0.15) is 24.1 Å². The third-order valence-electron chi connectivity index (χ3n) is 6.17. The molecule has 0 spiro atoms. The maximum absolute atomic E-state index is 14.9. The molecule has 0 amide bonds. The number of fused-ring (bicyclic) bond motifs is 3. The average molecular weight is 489 g/mol. The number of nitrogens with one attached hydrogen (secondary N) is 1. The van der Waals surface area contributed by atoms with Gasteiger partial charge in [0.05, 0.1) is 18.1 Å². The zero-order chi connectivity index (χ0) is 24.6. The van der Waals surface area contributed by atoms with Crippen LogP contribution in [0.2, 0.25) is 0 Å². The minimum absolute atomic E-state index is 0.0868. The van der Waals surface area contributed by atoms with E-state index >= 15 is 0 Å². The fourth-order valence-corrected chi connectivity index (χ4v) is 4.36. The summed E-state index contributed by atoms with van der Waals surface area (Å²) in [5, 5.41) is 16.0. The molecule has 0 radical (unpaired) electrons. The number of nitrogens with zero attached hydrogens (tertiary/aromatic N) is 7. The Bertz CT molecular complexity index is 1550. The largest absolute Gasteiger partial charge is 0.483 e. The monoisotopic (exact) mass is 488 g/mol. The summed E-state index contributed by atoms with van der Waals surface area (Å²) in [5.74, 6) is 1.82. The van der Waals surface area contributed by atoms with Crippen molar-refractivity contribution in [2.24, 2.45) is 7.05 Å². The highest BCUT2D eigenvalue weighted by Gasteiger charge is 2.23. The van der Waals surface area contributed by atoms with Crippen molar-refractivity contribution in [3.8, 4) is 28.4 Å². The number of hydrogen-bond donors (Lipinski definition) is 1. The van der Waals surface area contributed by atoms with Gasteiger partial charge in [-0.15, -0.1) is 10.2 Å². The molecule has 0 bridgehead atoms. The van der Waals surface area contributed by atoms with Gasteiger partial charge < -0.3 is 19.2 Å². The lowest BCUT2D eigenvalue weighted by atomic mass is 10.1. The Morgan fingerprint density at radius 2 is 1.94 bits per heavy atom. The number of rotatable bonds is 6. The minimum Gasteiger partial charge on any atom is -0.483 e. The molecule has 1 aliphatic rings. The highest BCUT2D eigenvalue weighted by molar-refractivity contribution is 5.73. The van der Waals surface area contributed by atoms with Crippen LogP contribution in [0.5, 0.6) is 5.75 Å². The summed E-state index contributed by atoms with van der Waals surface area (Å²) in [4.78, 5) is 4.17. The van der Waals surface area contributed by atoms with Gasteiger partial charge in [0.15, 0.2) is 23.2 Å². The third-order valence-corrected chi connectivity index (χ3v) is 6.17. The smallest absolute Gasteiger partial charge is 0.180 e. The van der Waals surface area contributed by atoms with Gasteiger partial charge in [0.2, 0.25) is 0 Å². The summed E-state index contributed by atoms with van der Waals surface area (Å²) in [7, 11) is 1.81. The first-order valence-electron chi connectivity index (χ1n) is 11.5. The summed E-state index contributed by atoms with van der Waals surface area (Å²) in [5.41, 5.74) is 1.95. The van der Waals surface area contributed by atoms with E-state index in [1.54, 1.807) is 35.1 Å². The Labute approximate surface area is 205 Å². The molecule has 5 heterocycles. The molecule has 0 saturated carbocycles. The van der Waals surface area contributed by atoms with Crippen LogP contribution in [0, 0.1) is 11.6 Å². The highest BCUT2D eigenvalue weighted by atomic mass is 19.1. The van der Waals surface area contributed by atoms with Gasteiger partial charge in [0.25, 0.3) is 0 Å². The Morgan fingerprint density at radius 1 is 1.06 bits per heavy atom. The van der Waals surface area contributed by atoms with E-state index < -0.39 is 11.6 Å². The maximum Gasteiger partial charge on any atom is 0.180 e. The van der Waals surface area contributed by atoms with Crippen LogP contribution in [0.25, 0.3) is 22.6 Å². The van der Waals surface area contributed by atoms with Crippen LogP contribution in [0.3, 0.4) is 0 Å². The second-order valence-corrected chi connectivity index (χ2v) is 8.49. The minimum atomic E-state index is -0.428. The number of aromatic nitrogens is 7. The van der Waals surface area contributed by atoms with Gasteiger partial charge >= 0.3 is 0 Å². The van der Waals surface area contributed by atoms with Crippen molar-refractivity contribution in [3.63, 3.8) is 0 Å². The molecular weight excluding hydrogens is 466 g/mol. The first kappa shape index (κ1) is 22.0. The molecule has 0 aliphatic carbocycles. The molecule has 0 saturated heterocycles. The van der Waals surface area contributed by atoms with E-state index in [0.717, 1.165) is 24.5 Å². The van der Waals surface area contributed by atoms with E-state index in [9.17, 15) is 8.78 Å². The molecule has 36 heavy (non-hydrogen) atoms. The van der Waals surface area contributed by atoms with Crippen LogP contribution in [0.1, 0.15) is 12.2 Å². The Kier molecular flexibility index (Phi) is 5.44. The first-order valence-corrected chi connectivity index (χ1v) is 11.5. The molecule has 4 aromatic heterocycles. The first-order chi connectivity index (χ1) is 17.6. The summed E-state index contributed by atoms with van der Waals surface area (Å²) in [6.45, 7) is 1.51. The molecular formula is C25H22F2N8O. The summed E-state index contributed by atoms with van der Waals surface area (Å²) in [6, 6.07) is 11.6. The SMILES string of the molecule is Cn1nccc1Nc1cc(-c2cc3n(c2)CCCn2c(COc4ccccc4F)nnc2-3)c(F)cn1. The molecule has 9 nitrogen and oxygen atoms in total. The molecule has 11 heteroatoms. The molecule has 1 aliphatic heterocycles. The topological polar surface area (TPSA) is 87.6 Å². The van der Waals surface area contributed by atoms with Crippen molar-refractivity contribution in [3.05, 3.63) is 78.5 Å². The van der Waals surface area contributed by atoms with Crippen molar-refractivity contribution in [2.45, 2.75) is 26.1 Å². The van der Waals surface area contributed by atoms with Crippen LogP contribution in [0.15, 0.2) is 61.1 Å². The van der Waals surface area contributed by atoms with Gasteiger partial charge in [0, 0.05) is 43.5 Å². The van der Waals surface area contributed by atoms with Gasteiger partial charge in [-0.2, -0.15) is 5.10 Å². The lowest BCUT2D eigenvalue weighted by molar-refractivity contribution is 0.274. The second kappa shape index (κ2) is 8.91. The van der Waals surface area contributed by atoms with Crippen LogP contribution >= 0.6 is 0 Å². The molecule has 0 atom stereocenters. The molecule has 5 aromatic rings. The van der Waals surface area contributed by atoms with Gasteiger partial charge in [-0.25, -0.2) is 13.8 Å². The number of aryl methyl sites for hydroxylation is 2. The zero-order valence-electron chi connectivity index (χ0n) is 19.4. The van der Waals surface area contributed by atoms with Crippen LogP contribution in [0.4, 0.5) is 20.4 Å². The standard InChI is InChI=1S/C25H22F2N8O/c1-33-23(7-8-29-33)30-22-12-17(19(27)13-28-22)16-11-20-25-32-31-24(35(25)10-4-9-34(20)14-16)15-36-21-6-3-2-5-18(21)26/h2-3,5-8,11-14H,4,9-10,15H2,1H3,(H,28,30). The average Bonchev–Trinajstić information content (AvgIpc) is 3.56. The summed E-state index contributed by atoms with van der Waals surface area (Å²) < 4.78 is 40.2. The normalized spacial score (nSPS) is 12.6. The lowest BCUT2D eigenvalue weighted by Crippen LogP contribution is -2.08. The Balaban J connectivity index is 1.30. The van der Waals surface area contributed by atoms with E-state index in [4.69, 9.17) is 4.74 Å². The maximum atomic E-state index is 14.9. The van der Waals surface area contributed by atoms with E-state index in [-0.39, 0.29) is 12.4 Å². The lowest BCUT2D eigenvalue weighted by Gasteiger charge is -2.09. The van der Waals surface area contributed by atoms with Crippen molar-refractivity contribution in [1.82, 2.24) is 34.1 Å². The van der Waals surface area contributed by atoms with E-state index in [1.807, 2.05) is 29.9 Å². The molecule has 182 valence electrons. The summed E-state index contributed by atoms with van der Waals surface area (Å²) in [6.07, 6.45) is 5.62. The van der Waals surface area contributed by atoms with E-state index in [0.29, 0.717) is 35.1 Å². The second-order valence-electron chi connectivity index (χ2n) is 8.49. The third kappa shape index (κ3) is 3.98. The summed E-state index contributed by atoms with van der Waals surface area (Å²) >= 11 is 0. The van der Waals surface area contributed by atoms with Crippen LogP contribution < -0.4 is 10.1 Å².